The number of carboxylic acid groups (broad SMARTS) is 3. The maximum absolute atomic E-state index is 10.6. The molecule has 3 saturated heterocycles. The molecule has 1 aromatic rings. The smallest absolute Gasteiger partial charge is 0.475 e. The molecular formula is C25H34F9N3O7S. The molecule has 4 rings (SSSR count). The predicted octanol–water partition coefficient (Wildman–Crippen LogP) is 4.04. The zero-order chi connectivity index (χ0) is 34.8. The van der Waals surface area contributed by atoms with E-state index in [1.165, 1.54) is 55.4 Å². The molecule has 0 saturated carbocycles. The summed E-state index contributed by atoms with van der Waals surface area (Å²) < 4.78 is 101. The van der Waals surface area contributed by atoms with Crippen LogP contribution in [0.2, 0.25) is 0 Å². The number of carboxylic acids is 3. The summed E-state index contributed by atoms with van der Waals surface area (Å²) in [5, 5.41) is 21.4. The lowest BCUT2D eigenvalue weighted by atomic mass is 9.84. The molecule has 3 aliphatic rings. The number of nitrogens with zero attached hydrogens (tertiary/aromatic N) is 3. The molecule has 3 atom stereocenters. The highest BCUT2D eigenvalue weighted by atomic mass is 32.1. The van der Waals surface area contributed by atoms with Crippen molar-refractivity contribution in [2.45, 2.75) is 44.5 Å². The lowest BCUT2D eigenvalue weighted by Gasteiger charge is -2.38. The van der Waals surface area contributed by atoms with Crippen LogP contribution in [-0.2, 0) is 25.7 Å². The van der Waals surface area contributed by atoms with Crippen molar-refractivity contribution in [3.05, 3.63) is 21.9 Å². The molecule has 260 valence electrons. The Hall–Kier alpha value is -2.68. The minimum atomic E-state index is -5.08. The number of carbonyl (C=O) groups is 3. The van der Waals surface area contributed by atoms with Crippen molar-refractivity contribution in [1.29, 1.82) is 0 Å². The van der Waals surface area contributed by atoms with Gasteiger partial charge < -0.3 is 25.0 Å². The second-order valence-corrected chi connectivity index (χ2v) is 11.7. The van der Waals surface area contributed by atoms with Gasteiger partial charge in [-0.2, -0.15) is 39.5 Å². The first-order valence-corrected chi connectivity index (χ1v) is 14.0. The van der Waals surface area contributed by atoms with Crippen LogP contribution in [-0.4, -0.2) is 132 Å². The Morgan fingerprint density at radius 2 is 1.29 bits per heavy atom. The van der Waals surface area contributed by atoms with Crippen LogP contribution < -0.4 is 0 Å². The third kappa shape index (κ3) is 15.4. The molecule has 4 heterocycles. The molecule has 0 bridgehead atoms. The van der Waals surface area contributed by atoms with Gasteiger partial charge in [-0.3, -0.25) is 9.80 Å². The van der Waals surface area contributed by atoms with Gasteiger partial charge in [0.05, 0.1) is 12.7 Å². The Bertz CT molecular complexity index is 1030. The Balaban J connectivity index is 0.000000396. The largest absolute Gasteiger partial charge is 0.490 e. The van der Waals surface area contributed by atoms with Crippen LogP contribution in [0.25, 0.3) is 0 Å². The van der Waals surface area contributed by atoms with Crippen LogP contribution in [0.3, 0.4) is 0 Å². The van der Waals surface area contributed by atoms with Gasteiger partial charge in [0.1, 0.15) is 0 Å². The summed E-state index contributed by atoms with van der Waals surface area (Å²) in [6.45, 7) is 12.7. The summed E-state index contributed by atoms with van der Waals surface area (Å²) >= 11 is 1.95. The first-order chi connectivity index (χ1) is 20.5. The second kappa shape index (κ2) is 17.3. The van der Waals surface area contributed by atoms with Gasteiger partial charge in [-0.05, 0) is 45.0 Å². The van der Waals surface area contributed by atoms with Gasteiger partial charge >= 0.3 is 36.4 Å². The molecule has 0 spiro atoms. The number of aliphatic carboxylic acids is 3. The molecule has 10 nitrogen and oxygen atoms in total. The topological polar surface area (TPSA) is 131 Å². The number of piperidine rings is 1. The van der Waals surface area contributed by atoms with Crippen molar-refractivity contribution in [2.75, 3.05) is 59.5 Å². The van der Waals surface area contributed by atoms with E-state index in [0.717, 1.165) is 31.5 Å². The van der Waals surface area contributed by atoms with Crippen LogP contribution in [0, 0.1) is 18.8 Å². The number of hydrogen-bond donors (Lipinski definition) is 3. The fourth-order valence-corrected chi connectivity index (χ4v) is 5.44. The summed E-state index contributed by atoms with van der Waals surface area (Å²) in [7, 11) is 2.23. The molecule has 3 aliphatic heterocycles. The quantitative estimate of drug-likeness (QED) is 0.398. The van der Waals surface area contributed by atoms with E-state index in [1.54, 1.807) is 0 Å². The standard InChI is InChI=1S/C19H31N3OS.3C2HF3O2/c1-15-3-4-17(24-15)11-22-6-5-16-14-23-19(18(16)12-22)13-21-9-7-20(2)8-10-21;3*3-2(4,5)1(6)7/h3-4,16,18-19H,5-14H2,1-2H3;3*(H,6,7)/t16-,18-,19+;;;/m0.../s1. The van der Waals surface area contributed by atoms with Crippen LogP contribution in [0.4, 0.5) is 39.5 Å². The molecule has 0 aromatic carbocycles. The first-order valence-electron chi connectivity index (χ1n) is 13.2. The molecule has 3 N–H and O–H groups in total. The number of likely N-dealkylation sites (N-methyl/N-ethyl adjacent to an activating group) is 1. The molecule has 0 unspecified atom stereocenters. The van der Waals surface area contributed by atoms with E-state index in [-0.39, 0.29) is 0 Å². The highest BCUT2D eigenvalue weighted by Crippen LogP contribution is 2.35. The lowest BCUT2D eigenvalue weighted by Crippen LogP contribution is -2.49. The third-order valence-corrected chi connectivity index (χ3v) is 7.81. The Kier molecular flexibility index (Phi) is 15.5. The number of alkyl halides is 9. The number of fused-ring (bicyclic) bond motifs is 1. The normalized spacial score (nSPS) is 22.9. The van der Waals surface area contributed by atoms with Gasteiger partial charge in [0.15, 0.2) is 0 Å². The minimum Gasteiger partial charge on any atom is -0.475 e. The van der Waals surface area contributed by atoms with E-state index in [1.807, 2.05) is 11.3 Å². The summed E-state index contributed by atoms with van der Waals surface area (Å²) in [5.74, 6) is -6.74. The predicted molar refractivity (Wildman–Crippen MR) is 141 cm³/mol. The van der Waals surface area contributed by atoms with Crippen molar-refractivity contribution in [3.8, 4) is 0 Å². The van der Waals surface area contributed by atoms with Crippen molar-refractivity contribution in [3.63, 3.8) is 0 Å². The number of rotatable bonds is 4. The number of likely N-dealkylation sites (tertiary alicyclic amines) is 1. The van der Waals surface area contributed by atoms with Crippen molar-refractivity contribution >= 4 is 29.2 Å². The van der Waals surface area contributed by atoms with E-state index in [2.05, 4.69) is 40.8 Å². The van der Waals surface area contributed by atoms with Crippen LogP contribution in [0.15, 0.2) is 12.1 Å². The van der Waals surface area contributed by atoms with E-state index in [4.69, 9.17) is 34.4 Å². The van der Waals surface area contributed by atoms with Crippen molar-refractivity contribution in [1.82, 2.24) is 14.7 Å². The fourth-order valence-electron chi connectivity index (χ4n) is 4.51. The van der Waals surface area contributed by atoms with Crippen molar-refractivity contribution < 1.29 is 74.0 Å². The second-order valence-electron chi connectivity index (χ2n) is 10.3. The summed E-state index contributed by atoms with van der Waals surface area (Å²) in [6, 6.07) is 4.56. The third-order valence-electron chi connectivity index (χ3n) is 6.83. The number of ether oxygens (including phenoxy) is 1. The number of piperazine rings is 1. The molecular weight excluding hydrogens is 657 g/mol. The zero-order valence-corrected chi connectivity index (χ0v) is 24.9. The number of halogens is 9. The molecule has 0 amide bonds. The average molecular weight is 692 g/mol. The average Bonchev–Trinajstić information content (AvgIpc) is 3.50. The van der Waals surface area contributed by atoms with Gasteiger partial charge in [-0.15, -0.1) is 11.3 Å². The molecule has 1 aromatic heterocycles. The van der Waals surface area contributed by atoms with Gasteiger partial charge in [0.25, 0.3) is 0 Å². The number of aryl methyl sites for hydroxylation is 1. The summed E-state index contributed by atoms with van der Waals surface area (Å²) in [6.07, 6.45) is -13.5. The number of hydrogen-bond acceptors (Lipinski definition) is 8. The van der Waals surface area contributed by atoms with Crippen LogP contribution >= 0.6 is 11.3 Å². The molecule has 20 heteroatoms. The molecule has 45 heavy (non-hydrogen) atoms. The van der Waals surface area contributed by atoms with Gasteiger partial charge in [-0.1, -0.05) is 0 Å². The minimum absolute atomic E-state index is 0.450. The molecule has 0 radical (unpaired) electrons. The van der Waals surface area contributed by atoms with Crippen LogP contribution in [0.5, 0.6) is 0 Å². The van der Waals surface area contributed by atoms with E-state index in [0.29, 0.717) is 6.10 Å². The van der Waals surface area contributed by atoms with E-state index >= 15 is 0 Å². The maximum atomic E-state index is 10.6. The van der Waals surface area contributed by atoms with Crippen molar-refractivity contribution in [2.24, 2.45) is 11.8 Å². The highest BCUT2D eigenvalue weighted by Gasteiger charge is 2.42. The lowest BCUT2D eigenvalue weighted by molar-refractivity contribution is -0.193. The van der Waals surface area contributed by atoms with E-state index in [9.17, 15) is 39.5 Å². The van der Waals surface area contributed by atoms with Gasteiger partial charge in [0, 0.05) is 61.5 Å². The van der Waals surface area contributed by atoms with E-state index < -0.39 is 36.4 Å². The highest BCUT2D eigenvalue weighted by molar-refractivity contribution is 7.11. The molecule has 0 aliphatic carbocycles. The Morgan fingerprint density at radius 3 is 1.69 bits per heavy atom. The summed E-state index contributed by atoms with van der Waals surface area (Å²) in [5.41, 5.74) is 0. The zero-order valence-electron chi connectivity index (χ0n) is 24.1. The Labute approximate surface area is 255 Å². The monoisotopic (exact) mass is 691 g/mol. The summed E-state index contributed by atoms with van der Waals surface area (Å²) in [4.78, 5) is 37.3. The Morgan fingerprint density at radius 1 is 0.822 bits per heavy atom. The number of thiophene rings is 1. The van der Waals surface area contributed by atoms with Gasteiger partial charge in [0.2, 0.25) is 0 Å². The van der Waals surface area contributed by atoms with Gasteiger partial charge in [-0.25, -0.2) is 14.4 Å². The van der Waals surface area contributed by atoms with Crippen LogP contribution in [0.1, 0.15) is 16.2 Å². The maximum Gasteiger partial charge on any atom is 0.490 e. The fraction of sp³-hybridized carbons (Fsp3) is 0.720. The molecule has 3 fully saturated rings. The first kappa shape index (κ1) is 40.3. The SMILES string of the molecule is Cc1ccc(CN2CC[C@H]3CO[C@H](CN4CCN(C)CC4)[C@H]3C2)s1.O=C(O)C(F)(F)F.O=C(O)C(F)(F)F.O=C(O)C(F)(F)F.